The van der Waals surface area contributed by atoms with Gasteiger partial charge in [-0.25, -0.2) is 0 Å². The van der Waals surface area contributed by atoms with E-state index in [4.69, 9.17) is 4.74 Å². The summed E-state index contributed by atoms with van der Waals surface area (Å²) in [6, 6.07) is 5.56. The van der Waals surface area contributed by atoms with Crippen molar-refractivity contribution in [1.82, 2.24) is 5.32 Å². The summed E-state index contributed by atoms with van der Waals surface area (Å²) >= 11 is 0. The van der Waals surface area contributed by atoms with Crippen molar-refractivity contribution in [2.24, 2.45) is 0 Å². The quantitative estimate of drug-likeness (QED) is 0.732. The van der Waals surface area contributed by atoms with Crippen LogP contribution in [0.4, 0.5) is 5.69 Å². The fourth-order valence-corrected chi connectivity index (χ4v) is 1.89. The third kappa shape index (κ3) is 4.54. The first-order valence-electron chi connectivity index (χ1n) is 6.30. The maximum absolute atomic E-state index is 11.2. The van der Waals surface area contributed by atoms with Crippen molar-refractivity contribution in [3.8, 4) is 5.75 Å². The fourth-order valence-electron chi connectivity index (χ4n) is 1.89. The Balaban J connectivity index is 3.04. The largest absolute Gasteiger partial charge is 0.495 e. The van der Waals surface area contributed by atoms with E-state index in [1.165, 1.54) is 6.92 Å². The predicted octanol–water partition coefficient (Wildman–Crippen LogP) is 1.68. The molecule has 1 unspecified atom stereocenters. The van der Waals surface area contributed by atoms with Crippen molar-refractivity contribution in [1.29, 1.82) is 0 Å². The SMILES string of the molecule is COc1ccc(C(CO)NC(C)C)cc1NC(C)=O. The molecule has 0 fully saturated rings. The summed E-state index contributed by atoms with van der Waals surface area (Å²) in [5, 5.41) is 15.4. The molecule has 1 aromatic rings. The van der Waals surface area contributed by atoms with Crippen molar-refractivity contribution in [2.75, 3.05) is 19.0 Å². The number of carbonyl (C=O) groups is 1. The zero-order chi connectivity index (χ0) is 14.4. The number of nitrogens with one attached hydrogen (secondary N) is 2. The molecule has 19 heavy (non-hydrogen) atoms. The Morgan fingerprint density at radius 2 is 2.11 bits per heavy atom. The van der Waals surface area contributed by atoms with Crippen LogP contribution in [0.3, 0.4) is 0 Å². The first-order chi connectivity index (χ1) is 8.97. The van der Waals surface area contributed by atoms with E-state index >= 15 is 0 Å². The van der Waals surface area contributed by atoms with Gasteiger partial charge in [-0.15, -0.1) is 0 Å². The highest BCUT2D eigenvalue weighted by atomic mass is 16.5. The summed E-state index contributed by atoms with van der Waals surface area (Å²) in [4.78, 5) is 11.2. The van der Waals surface area contributed by atoms with E-state index in [0.717, 1.165) is 5.56 Å². The lowest BCUT2D eigenvalue weighted by atomic mass is 10.1. The Bertz CT molecular complexity index is 433. The molecule has 1 amide bonds. The number of rotatable bonds is 6. The molecule has 0 aliphatic carbocycles. The molecule has 0 bridgehead atoms. The van der Waals surface area contributed by atoms with Crippen LogP contribution in [0.1, 0.15) is 32.4 Å². The van der Waals surface area contributed by atoms with Gasteiger partial charge in [0.2, 0.25) is 5.91 Å². The number of anilines is 1. The first kappa shape index (κ1) is 15.5. The summed E-state index contributed by atoms with van der Waals surface area (Å²) in [5.74, 6) is 0.438. The van der Waals surface area contributed by atoms with Gasteiger partial charge in [0.15, 0.2) is 0 Å². The van der Waals surface area contributed by atoms with Crippen LogP contribution in [-0.2, 0) is 4.79 Å². The number of methoxy groups -OCH3 is 1. The van der Waals surface area contributed by atoms with Crippen molar-refractivity contribution in [2.45, 2.75) is 32.9 Å². The van der Waals surface area contributed by atoms with E-state index in [1.807, 2.05) is 26.0 Å². The molecule has 0 spiro atoms. The van der Waals surface area contributed by atoms with Gasteiger partial charge in [-0.3, -0.25) is 4.79 Å². The second-order valence-corrected chi connectivity index (χ2v) is 4.70. The lowest BCUT2D eigenvalue weighted by Crippen LogP contribution is -2.30. The Labute approximate surface area is 114 Å². The molecule has 3 N–H and O–H groups in total. The lowest BCUT2D eigenvalue weighted by Gasteiger charge is -2.21. The van der Waals surface area contributed by atoms with E-state index in [-0.39, 0.29) is 24.6 Å². The molecule has 0 saturated heterocycles. The summed E-state index contributed by atoms with van der Waals surface area (Å²) in [5.41, 5.74) is 1.51. The molecule has 1 aromatic carbocycles. The minimum absolute atomic E-state index is 0.00990. The summed E-state index contributed by atoms with van der Waals surface area (Å²) in [7, 11) is 1.55. The van der Waals surface area contributed by atoms with Gasteiger partial charge in [-0.2, -0.15) is 0 Å². The maximum Gasteiger partial charge on any atom is 0.221 e. The smallest absolute Gasteiger partial charge is 0.221 e. The Morgan fingerprint density at radius 1 is 1.42 bits per heavy atom. The van der Waals surface area contributed by atoms with Crippen LogP contribution in [0.5, 0.6) is 5.75 Å². The van der Waals surface area contributed by atoms with Gasteiger partial charge in [-0.05, 0) is 17.7 Å². The zero-order valence-corrected chi connectivity index (χ0v) is 11.9. The second kappa shape index (κ2) is 7.11. The molecule has 0 radical (unpaired) electrons. The number of aliphatic hydroxyl groups excluding tert-OH is 1. The normalized spacial score (nSPS) is 12.3. The van der Waals surface area contributed by atoms with Crippen molar-refractivity contribution < 1.29 is 14.6 Å². The third-order valence-electron chi connectivity index (χ3n) is 2.65. The van der Waals surface area contributed by atoms with Gasteiger partial charge >= 0.3 is 0 Å². The molecule has 0 aromatic heterocycles. The minimum Gasteiger partial charge on any atom is -0.495 e. The van der Waals surface area contributed by atoms with E-state index in [1.54, 1.807) is 13.2 Å². The zero-order valence-electron chi connectivity index (χ0n) is 11.9. The predicted molar refractivity (Wildman–Crippen MR) is 75.4 cm³/mol. The molecule has 106 valence electrons. The number of hydrogen-bond acceptors (Lipinski definition) is 4. The van der Waals surface area contributed by atoms with Gasteiger partial charge in [0, 0.05) is 13.0 Å². The number of amides is 1. The molecule has 1 atom stereocenters. The van der Waals surface area contributed by atoms with Crippen LogP contribution >= 0.6 is 0 Å². The first-order valence-corrected chi connectivity index (χ1v) is 6.30. The third-order valence-corrected chi connectivity index (χ3v) is 2.65. The van der Waals surface area contributed by atoms with Gasteiger partial charge in [-0.1, -0.05) is 19.9 Å². The summed E-state index contributed by atoms with van der Waals surface area (Å²) in [6.45, 7) is 5.47. The van der Waals surface area contributed by atoms with E-state index in [2.05, 4.69) is 10.6 Å². The van der Waals surface area contributed by atoms with Gasteiger partial charge in [0.05, 0.1) is 25.4 Å². The fraction of sp³-hybridized carbons (Fsp3) is 0.500. The highest BCUT2D eigenvalue weighted by Crippen LogP contribution is 2.28. The molecule has 0 heterocycles. The summed E-state index contributed by atoms with van der Waals surface area (Å²) < 4.78 is 5.20. The number of ether oxygens (including phenoxy) is 1. The molecule has 0 aliphatic heterocycles. The topological polar surface area (TPSA) is 70.6 Å². The van der Waals surface area contributed by atoms with E-state index in [0.29, 0.717) is 11.4 Å². The van der Waals surface area contributed by atoms with E-state index in [9.17, 15) is 9.90 Å². The number of benzene rings is 1. The molecule has 5 nitrogen and oxygen atoms in total. The average Bonchev–Trinajstić information content (AvgIpc) is 2.35. The van der Waals surface area contributed by atoms with Crippen LogP contribution in [0.25, 0.3) is 0 Å². The molecule has 1 rings (SSSR count). The standard InChI is InChI=1S/C14H22N2O3/c1-9(2)15-13(8-17)11-5-6-14(19-4)12(7-11)16-10(3)18/h5-7,9,13,15,17H,8H2,1-4H3,(H,16,18). The van der Waals surface area contributed by atoms with Crippen LogP contribution in [0, 0.1) is 0 Å². The van der Waals surface area contributed by atoms with Crippen LogP contribution in [-0.4, -0.2) is 30.8 Å². The summed E-state index contributed by atoms with van der Waals surface area (Å²) in [6.07, 6.45) is 0. The highest BCUT2D eigenvalue weighted by molar-refractivity contribution is 5.90. The number of hydrogen-bond donors (Lipinski definition) is 3. The molecular weight excluding hydrogens is 244 g/mol. The van der Waals surface area contributed by atoms with Crippen LogP contribution in [0.15, 0.2) is 18.2 Å². The second-order valence-electron chi connectivity index (χ2n) is 4.70. The van der Waals surface area contributed by atoms with Gasteiger partial charge < -0.3 is 20.5 Å². The Hall–Kier alpha value is -1.59. The van der Waals surface area contributed by atoms with Gasteiger partial charge in [0.25, 0.3) is 0 Å². The maximum atomic E-state index is 11.2. The van der Waals surface area contributed by atoms with Gasteiger partial charge in [0.1, 0.15) is 5.75 Å². The van der Waals surface area contributed by atoms with E-state index < -0.39 is 0 Å². The highest BCUT2D eigenvalue weighted by Gasteiger charge is 2.14. The van der Waals surface area contributed by atoms with Crippen LogP contribution < -0.4 is 15.4 Å². The minimum atomic E-state index is -0.168. The van der Waals surface area contributed by atoms with Crippen LogP contribution in [0.2, 0.25) is 0 Å². The Kier molecular flexibility index (Phi) is 5.79. The van der Waals surface area contributed by atoms with Crippen molar-refractivity contribution in [3.05, 3.63) is 23.8 Å². The monoisotopic (exact) mass is 266 g/mol. The lowest BCUT2D eigenvalue weighted by molar-refractivity contribution is -0.114. The molecule has 5 heteroatoms. The number of aliphatic hydroxyl groups is 1. The number of carbonyl (C=O) groups excluding carboxylic acids is 1. The van der Waals surface area contributed by atoms with Crippen molar-refractivity contribution in [3.63, 3.8) is 0 Å². The van der Waals surface area contributed by atoms with Crippen molar-refractivity contribution >= 4 is 11.6 Å². The molecular formula is C14H22N2O3. The molecule has 0 saturated carbocycles. The molecule has 0 aliphatic rings. The average molecular weight is 266 g/mol. The Morgan fingerprint density at radius 3 is 2.58 bits per heavy atom.